The van der Waals surface area contributed by atoms with Crippen molar-refractivity contribution >= 4 is 38.9 Å². The molecule has 0 aromatic heterocycles. The highest BCUT2D eigenvalue weighted by atomic mass is 35.5. The average Bonchev–Trinajstić information content (AvgIpc) is 2.22. The molecular formula is C9H8Cl2N2O2S. The van der Waals surface area contributed by atoms with Gasteiger partial charge in [0.2, 0.25) is 10.0 Å². The largest absolute Gasteiger partial charge is 0.279 e. The zero-order chi connectivity index (χ0) is 12.3. The molecule has 16 heavy (non-hydrogen) atoms. The van der Waals surface area contributed by atoms with Gasteiger partial charge in [0.15, 0.2) is 5.25 Å². The first-order valence-corrected chi connectivity index (χ1v) is 6.54. The first-order valence-electron chi connectivity index (χ1n) is 4.23. The molecule has 0 saturated heterocycles. The molecule has 0 aliphatic rings. The SMILES string of the molecule is CC(C#N)S(=O)(=O)Nc1c(Cl)cccc1Cl. The fourth-order valence-electron chi connectivity index (χ4n) is 0.895. The van der Waals surface area contributed by atoms with Crippen molar-refractivity contribution in [1.82, 2.24) is 0 Å². The zero-order valence-electron chi connectivity index (χ0n) is 8.24. The van der Waals surface area contributed by atoms with E-state index in [-0.39, 0.29) is 15.7 Å². The van der Waals surface area contributed by atoms with Crippen LogP contribution >= 0.6 is 23.2 Å². The Bertz CT molecular complexity index is 517. The van der Waals surface area contributed by atoms with Crippen molar-refractivity contribution in [3.8, 4) is 6.07 Å². The lowest BCUT2D eigenvalue weighted by Gasteiger charge is -2.11. The molecular weight excluding hydrogens is 271 g/mol. The maximum Gasteiger partial charge on any atom is 0.248 e. The number of para-hydroxylation sites is 1. The van der Waals surface area contributed by atoms with Crippen LogP contribution in [0.4, 0.5) is 5.69 Å². The van der Waals surface area contributed by atoms with E-state index in [1.54, 1.807) is 12.1 Å². The van der Waals surface area contributed by atoms with Gasteiger partial charge in [-0.2, -0.15) is 5.26 Å². The lowest BCUT2D eigenvalue weighted by molar-refractivity contribution is 0.597. The Hall–Kier alpha value is -0.960. The summed E-state index contributed by atoms with van der Waals surface area (Å²) in [6, 6.07) is 6.23. The van der Waals surface area contributed by atoms with Crippen molar-refractivity contribution in [2.45, 2.75) is 12.2 Å². The number of hydrogen-bond acceptors (Lipinski definition) is 3. The molecule has 86 valence electrons. The second-order valence-corrected chi connectivity index (χ2v) is 5.83. The molecule has 1 rings (SSSR count). The number of nitrogens with one attached hydrogen (secondary N) is 1. The predicted octanol–water partition coefficient (Wildman–Crippen LogP) is 2.65. The summed E-state index contributed by atoms with van der Waals surface area (Å²) in [6.07, 6.45) is 0. The molecule has 7 heteroatoms. The van der Waals surface area contributed by atoms with Gasteiger partial charge in [-0.3, -0.25) is 4.72 Å². The van der Waals surface area contributed by atoms with E-state index in [0.29, 0.717) is 0 Å². The van der Waals surface area contributed by atoms with Crippen LogP contribution in [0.1, 0.15) is 6.92 Å². The van der Waals surface area contributed by atoms with Crippen molar-refractivity contribution in [3.63, 3.8) is 0 Å². The molecule has 1 N–H and O–H groups in total. The molecule has 4 nitrogen and oxygen atoms in total. The average molecular weight is 279 g/mol. The standard InChI is InChI=1S/C9H8Cl2N2O2S/c1-6(5-12)16(14,15)13-9-7(10)3-2-4-8(9)11/h2-4,6,13H,1H3. The summed E-state index contributed by atoms with van der Waals surface area (Å²) in [5, 5.41) is 7.73. The van der Waals surface area contributed by atoms with Crippen LogP contribution in [-0.4, -0.2) is 13.7 Å². The maximum atomic E-state index is 11.6. The molecule has 1 atom stereocenters. The van der Waals surface area contributed by atoms with Gasteiger partial charge in [0.05, 0.1) is 21.8 Å². The van der Waals surface area contributed by atoms with E-state index in [2.05, 4.69) is 4.72 Å². The molecule has 0 amide bonds. The van der Waals surface area contributed by atoms with Gasteiger partial charge in [-0.15, -0.1) is 0 Å². The maximum absolute atomic E-state index is 11.6. The number of halogens is 2. The van der Waals surface area contributed by atoms with Crippen LogP contribution < -0.4 is 4.72 Å². The molecule has 0 radical (unpaired) electrons. The Morgan fingerprint density at radius 3 is 2.31 bits per heavy atom. The van der Waals surface area contributed by atoms with Gasteiger partial charge in [-0.05, 0) is 19.1 Å². The van der Waals surface area contributed by atoms with Crippen molar-refractivity contribution in [3.05, 3.63) is 28.2 Å². The summed E-state index contributed by atoms with van der Waals surface area (Å²) < 4.78 is 25.4. The van der Waals surface area contributed by atoms with Gasteiger partial charge in [-0.25, -0.2) is 8.42 Å². The van der Waals surface area contributed by atoms with Crippen LogP contribution in [-0.2, 0) is 10.0 Å². The van der Waals surface area contributed by atoms with E-state index in [9.17, 15) is 8.42 Å². The van der Waals surface area contributed by atoms with Gasteiger partial charge < -0.3 is 0 Å². The van der Waals surface area contributed by atoms with E-state index < -0.39 is 15.3 Å². The molecule has 0 fully saturated rings. The molecule has 0 aliphatic carbocycles. The molecule has 0 saturated carbocycles. The van der Waals surface area contributed by atoms with Gasteiger partial charge in [-0.1, -0.05) is 29.3 Å². The number of benzene rings is 1. The van der Waals surface area contributed by atoms with E-state index in [1.807, 2.05) is 0 Å². The number of anilines is 1. The van der Waals surface area contributed by atoms with E-state index in [1.165, 1.54) is 19.1 Å². The predicted molar refractivity (Wildman–Crippen MR) is 64.1 cm³/mol. The third kappa shape index (κ3) is 2.79. The number of nitrogens with zero attached hydrogens (tertiary/aromatic N) is 1. The number of nitriles is 1. The zero-order valence-corrected chi connectivity index (χ0v) is 10.6. The van der Waals surface area contributed by atoms with Crippen LogP contribution in [0.15, 0.2) is 18.2 Å². The normalized spacial score (nSPS) is 12.9. The van der Waals surface area contributed by atoms with Crippen molar-refractivity contribution < 1.29 is 8.42 Å². The quantitative estimate of drug-likeness (QED) is 0.924. The van der Waals surface area contributed by atoms with E-state index >= 15 is 0 Å². The Morgan fingerprint density at radius 2 is 1.88 bits per heavy atom. The highest BCUT2D eigenvalue weighted by Crippen LogP contribution is 2.31. The third-order valence-corrected chi connectivity index (χ3v) is 4.01. The van der Waals surface area contributed by atoms with Gasteiger partial charge in [0, 0.05) is 0 Å². The molecule has 0 heterocycles. The monoisotopic (exact) mass is 278 g/mol. The number of hydrogen-bond donors (Lipinski definition) is 1. The topological polar surface area (TPSA) is 70.0 Å². The fraction of sp³-hybridized carbons (Fsp3) is 0.222. The van der Waals surface area contributed by atoms with Crippen LogP contribution in [0.2, 0.25) is 10.0 Å². The van der Waals surface area contributed by atoms with E-state index in [4.69, 9.17) is 28.5 Å². The van der Waals surface area contributed by atoms with E-state index in [0.717, 1.165) is 0 Å². The number of sulfonamides is 1. The summed E-state index contributed by atoms with van der Waals surface area (Å²) in [5.41, 5.74) is 0.0907. The van der Waals surface area contributed by atoms with Crippen molar-refractivity contribution in [2.75, 3.05) is 4.72 Å². The molecule has 0 bridgehead atoms. The highest BCUT2D eigenvalue weighted by molar-refractivity contribution is 7.93. The van der Waals surface area contributed by atoms with Crippen LogP contribution in [0.25, 0.3) is 0 Å². The Kier molecular flexibility index (Phi) is 4.03. The van der Waals surface area contributed by atoms with Crippen LogP contribution in [0.5, 0.6) is 0 Å². The second-order valence-electron chi connectivity index (χ2n) is 3.02. The smallest absolute Gasteiger partial charge is 0.248 e. The lowest BCUT2D eigenvalue weighted by atomic mass is 10.3. The summed E-state index contributed by atoms with van der Waals surface area (Å²) >= 11 is 11.6. The minimum atomic E-state index is -3.79. The van der Waals surface area contributed by atoms with Crippen molar-refractivity contribution in [1.29, 1.82) is 5.26 Å². The Morgan fingerprint density at radius 1 is 1.38 bits per heavy atom. The Labute approximate surface area is 104 Å². The van der Waals surface area contributed by atoms with Crippen LogP contribution in [0.3, 0.4) is 0 Å². The molecule has 0 spiro atoms. The van der Waals surface area contributed by atoms with Crippen LogP contribution in [0, 0.1) is 11.3 Å². The Balaban J connectivity index is 3.12. The minimum Gasteiger partial charge on any atom is -0.279 e. The summed E-state index contributed by atoms with van der Waals surface area (Å²) in [5.74, 6) is 0. The summed E-state index contributed by atoms with van der Waals surface area (Å²) in [6.45, 7) is 1.27. The first kappa shape index (κ1) is 13.1. The number of rotatable bonds is 3. The summed E-state index contributed by atoms with van der Waals surface area (Å²) in [4.78, 5) is 0. The molecule has 1 unspecified atom stereocenters. The molecule has 1 aromatic carbocycles. The third-order valence-electron chi connectivity index (χ3n) is 1.85. The lowest BCUT2D eigenvalue weighted by Crippen LogP contribution is -2.24. The fourth-order valence-corrected chi connectivity index (χ4v) is 2.32. The highest BCUT2D eigenvalue weighted by Gasteiger charge is 2.22. The van der Waals surface area contributed by atoms with Gasteiger partial charge in [0.25, 0.3) is 0 Å². The summed E-state index contributed by atoms with van der Waals surface area (Å²) in [7, 11) is -3.79. The van der Waals surface area contributed by atoms with Gasteiger partial charge in [0.1, 0.15) is 0 Å². The molecule has 0 aliphatic heterocycles. The second kappa shape index (κ2) is 4.91. The van der Waals surface area contributed by atoms with Crippen molar-refractivity contribution in [2.24, 2.45) is 0 Å². The van der Waals surface area contributed by atoms with Gasteiger partial charge >= 0.3 is 0 Å². The first-order chi connectivity index (χ1) is 7.38. The minimum absolute atomic E-state index is 0.0907. The molecule has 1 aromatic rings.